The Morgan fingerprint density at radius 2 is 1.92 bits per heavy atom. The SMILES string of the molecule is Cc1cc(OCc2ccc(C(=O)Nc3cnn(C)c3C)cc2)ccc1Cl. The molecule has 0 radical (unpaired) electrons. The largest absolute Gasteiger partial charge is 0.489 e. The highest BCUT2D eigenvalue weighted by Gasteiger charge is 2.10. The van der Waals surface area contributed by atoms with E-state index in [0.29, 0.717) is 17.9 Å². The number of carbonyl (C=O) groups is 1. The van der Waals surface area contributed by atoms with Crippen LogP contribution in [0.1, 0.15) is 27.2 Å². The monoisotopic (exact) mass is 369 g/mol. The number of hydrogen-bond donors (Lipinski definition) is 1. The second kappa shape index (κ2) is 7.62. The number of amides is 1. The number of nitrogens with one attached hydrogen (secondary N) is 1. The lowest BCUT2D eigenvalue weighted by Gasteiger charge is -2.09. The summed E-state index contributed by atoms with van der Waals surface area (Å²) in [5, 5.41) is 7.71. The zero-order valence-electron chi connectivity index (χ0n) is 14.9. The van der Waals surface area contributed by atoms with Crippen LogP contribution in [0.3, 0.4) is 0 Å². The molecule has 0 fully saturated rings. The number of aromatic nitrogens is 2. The molecule has 6 heteroatoms. The molecule has 0 unspecified atom stereocenters. The van der Waals surface area contributed by atoms with Gasteiger partial charge < -0.3 is 10.1 Å². The molecular weight excluding hydrogens is 350 g/mol. The van der Waals surface area contributed by atoms with Crippen molar-refractivity contribution >= 4 is 23.2 Å². The van der Waals surface area contributed by atoms with Crippen molar-refractivity contribution in [3.05, 3.63) is 76.1 Å². The molecule has 1 amide bonds. The van der Waals surface area contributed by atoms with Crippen LogP contribution in [0.4, 0.5) is 5.69 Å². The van der Waals surface area contributed by atoms with Gasteiger partial charge in [0.15, 0.2) is 0 Å². The summed E-state index contributed by atoms with van der Waals surface area (Å²) in [7, 11) is 1.84. The molecule has 0 aliphatic rings. The van der Waals surface area contributed by atoms with Gasteiger partial charge in [0.2, 0.25) is 0 Å². The van der Waals surface area contributed by atoms with Crippen molar-refractivity contribution in [1.82, 2.24) is 9.78 Å². The van der Waals surface area contributed by atoms with Crippen molar-refractivity contribution in [2.75, 3.05) is 5.32 Å². The topological polar surface area (TPSA) is 56.1 Å². The van der Waals surface area contributed by atoms with Crippen molar-refractivity contribution < 1.29 is 9.53 Å². The molecule has 0 bridgehead atoms. The third-order valence-electron chi connectivity index (χ3n) is 4.23. The molecule has 0 atom stereocenters. The number of hydrogen-bond acceptors (Lipinski definition) is 3. The summed E-state index contributed by atoms with van der Waals surface area (Å²) >= 11 is 6.02. The van der Waals surface area contributed by atoms with E-state index in [1.807, 2.05) is 51.2 Å². The molecule has 0 aliphatic carbocycles. The summed E-state index contributed by atoms with van der Waals surface area (Å²) in [6.45, 7) is 4.26. The maximum Gasteiger partial charge on any atom is 0.255 e. The zero-order chi connectivity index (χ0) is 18.7. The van der Waals surface area contributed by atoms with E-state index in [1.165, 1.54) is 0 Å². The third kappa shape index (κ3) is 4.06. The van der Waals surface area contributed by atoms with E-state index in [9.17, 15) is 4.79 Å². The Kier molecular flexibility index (Phi) is 5.28. The van der Waals surface area contributed by atoms with Gasteiger partial charge in [-0.3, -0.25) is 9.48 Å². The normalized spacial score (nSPS) is 10.6. The number of rotatable bonds is 5. The highest BCUT2D eigenvalue weighted by Crippen LogP contribution is 2.22. The molecule has 0 saturated heterocycles. The Bertz CT molecular complexity index is 933. The van der Waals surface area contributed by atoms with Crippen molar-refractivity contribution in [2.45, 2.75) is 20.5 Å². The first-order valence-electron chi connectivity index (χ1n) is 8.22. The Balaban J connectivity index is 1.61. The number of aryl methyl sites for hydroxylation is 2. The molecule has 3 rings (SSSR count). The molecule has 1 N–H and O–H groups in total. The van der Waals surface area contributed by atoms with Gasteiger partial charge in [0.05, 0.1) is 17.6 Å². The Morgan fingerprint density at radius 3 is 2.54 bits per heavy atom. The minimum absolute atomic E-state index is 0.165. The molecule has 2 aromatic carbocycles. The van der Waals surface area contributed by atoms with E-state index >= 15 is 0 Å². The standard InChI is InChI=1S/C20H20ClN3O2/c1-13-10-17(8-9-18(13)21)26-12-15-4-6-16(7-5-15)20(25)23-19-11-22-24(3)14(19)2/h4-11H,12H2,1-3H3,(H,23,25). The minimum Gasteiger partial charge on any atom is -0.489 e. The Labute approximate surface area is 157 Å². The van der Waals surface area contributed by atoms with Crippen LogP contribution in [-0.4, -0.2) is 15.7 Å². The summed E-state index contributed by atoms with van der Waals surface area (Å²) in [5.41, 5.74) is 4.15. The van der Waals surface area contributed by atoms with E-state index in [2.05, 4.69) is 10.4 Å². The van der Waals surface area contributed by atoms with Crippen molar-refractivity contribution in [3.63, 3.8) is 0 Å². The fourth-order valence-corrected chi connectivity index (χ4v) is 2.56. The van der Waals surface area contributed by atoms with Gasteiger partial charge in [-0.05, 0) is 55.3 Å². The van der Waals surface area contributed by atoms with Gasteiger partial charge in [0.25, 0.3) is 5.91 Å². The summed E-state index contributed by atoms with van der Waals surface area (Å²) in [5.74, 6) is 0.600. The molecule has 0 spiro atoms. The molecule has 1 aromatic heterocycles. The summed E-state index contributed by atoms with van der Waals surface area (Å²) < 4.78 is 7.49. The van der Waals surface area contributed by atoms with Crippen LogP contribution in [0.25, 0.3) is 0 Å². The Morgan fingerprint density at radius 1 is 1.19 bits per heavy atom. The van der Waals surface area contributed by atoms with Gasteiger partial charge in [-0.15, -0.1) is 0 Å². The number of ether oxygens (including phenoxy) is 1. The van der Waals surface area contributed by atoms with Crippen LogP contribution in [-0.2, 0) is 13.7 Å². The van der Waals surface area contributed by atoms with Crippen LogP contribution in [0.2, 0.25) is 5.02 Å². The molecule has 3 aromatic rings. The lowest BCUT2D eigenvalue weighted by Crippen LogP contribution is -2.12. The van der Waals surface area contributed by atoms with Crippen LogP contribution < -0.4 is 10.1 Å². The summed E-state index contributed by atoms with van der Waals surface area (Å²) in [4.78, 5) is 12.3. The fraction of sp³-hybridized carbons (Fsp3) is 0.200. The molecule has 5 nitrogen and oxygen atoms in total. The molecule has 0 aliphatic heterocycles. The summed E-state index contributed by atoms with van der Waals surface area (Å²) in [6, 6.07) is 12.9. The van der Waals surface area contributed by atoms with Crippen molar-refractivity contribution in [3.8, 4) is 5.75 Å². The van der Waals surface area contributed by atoms with Crippen LogP contribution in [0, 0.1) is 13.8 Å². The lowest BCUT2D eigenvalue weighted by molar-refractivity contribution is 0.102. The average molecular weight is 370 g/mol. The van der Waals surface area contributed by atoms with Gasteiger partial charge in [-0.1, -0.05) is 23.7 Å². The van der Waals surface area contributed by atoms with Gasteiger partial charge in [-0.2, -0.15) is 5.10 Å². The van der Waals surface area contributed by atoms with E-state index in [0.717, 1.165) is 27.6 Å². The Hall–Kier alpha value is -2.79. The predicted octanol–water partition coefficient (Wildman–Crippen LogP) is 4.52. The van der Waals surface area contributed by atoms with Gasteiger partial charge in [-0.25, -0.2) is 0 Å². The molecular formula is C20H20ClN3O2. The number of nitrogens with zero attached hydrogens (tertiary/aromatic N) is 2. The lowest BCUT2D eigenvalue weighted by atomic mass is 10.1. The highest BCUT2D eigenvalue weighted by atomic mass is 35.5. The fourth-order valence-electron chi connectivity index (χ4n) is 2.44. The van der Waals surface area contributed by atoms with E-state index in [4.69, 9.17) is 16.3 Å². The maximum atomic E-state index is 12.3. The van der Waals surface area contributed by atoms with Crippen LogP contribution in [0.15, 0.2) is 48.7 Å². The van der Waals surface area contributed by atoms with Crippen LogP contribution >= 0.6 is 11.6 Å². The molecule has 26 heavy (non-hydrogen) atoms. The first-order chi connectivity index (χ1) is 12.4. The number of halogens is 1. The quantitative estimate of drug-likeness (QED) is 0.719. The minimum atomic E-state index is -0.165. The number of benzene rings is 2. The third-order valence-corrected chi connectivity index (χ3v) is 4.66. The van der Waals surface area contributed by atoms with Gasteiger partial charge >= 0.3 is 0 Å². The van der Waals surface area contributed by atoms with Crippen molar-refractivity contribution in [2.24, 2.45) is 7.05 Å². The molecule has 0 saturated carbocycles. The molecule has 1 heterocycles. The predicted molar refractivity (Wildman–Crippen MR) is 103 cm³/mol. The smallest absolute Gasteiger partial charge is 0.255 e. The van der Waals surface area contributed by atoms with E-state index < -0.39 is 0 Å². The maximum absolute atomic E-state index is 12.3. The van der Waals surface area contributed by atoms with Crippen molar-refractivity contribution in [1.29, 1.82) is 0 Å². The van der Waals surface area contributed by atoms with E-state index in [1.54, 1.807) is 23.0 Å². The van der Waals surface area contributed by atoms with Crippen LogP contribution in [0.5, 0.6) is 5.75 Å². The molecule has 134 valence electrons. The second-order valence-corrected chi connectivity index (χ2v) is 6.53. The first kappa shape index (κ1) is 18.0. The van der Waals surface area contributed by atoms with Gasteiger partial charge in [0.1, 0.15) is 12.4 Å². The zero-order valence-corrected chi connectivity index (χ0v) is 15.7. The second-order valence-electron chi connectivity index (χ2n) is 6.12. The van der Waals surface area contributed by atoms with Gasteiger partial charge in [0, 0.05) is 17.6 Å². The highest BCUT2D eigenvalue weighted by molar-refractivity contribution is 6.31. The summed E-state index contributed by atoms with van der Waals surface area (Å²) in [6.07, 6.45) is 1.64. The average Bonchev–Trinajstić information content (AvgIpc) is 2.95. The number of carbonyl (C=O) groups excluding carboxylic acids is 1. The number of anilines is 1. The van der Waals surface area contributed by atoms with E-state index in [-0.39, 0.29) is 5.91 Å². The first-order valence-corrected chi connectivity index (χ1v) is 8.59.